The van der Waals surface area contributed by atoms with Crippen molar-refractivity contribution in [3.8, 4) is 0 Å². The molecule has 6 fully saturated rings. The Labute approximate surface area is 170 Å². The van der Waals surface area contributed by atoms with Gasteiger partial charge in [-0.3, -0.25) is 9.59 Å². The van der Waals surface area contributed by atoms with Crippen LogP contribution in [0.2, 0.25) is 0 Å². The van der Waals surface area contributed by atoms with E-state index in [1.54, 1.807) is 0 Å². The van der Waals surface area contributed by atoms with Crippen molar-refractivity contribution in [2.24, 2.45) is 34.0 Å². The average Bonchev–Trinajstić information content (AvgIpc) is 2.82. The Bertz CT molecular complexity index is 820. The third-order valence-electron chi connectivity index (χ3n) is 9.08. The average molecular weight is 406 g/mol. The third kappa shape index (κ3) is 1.94. The predicted molar refractivity (Wildman–Crippen MR) is 100 cm³/mol. The molecule has 7 heteroatoms. The fourth-order valence-corrected chi connectivity index (χ4v) is 8.17. The Balaban J connectivity index is 1.80. The summed E-state index contributed by atoms with van der Waals surface area (Å²) in [7, 11) is 0. The van der Waals surface area contributed by atoms with Crippen LogP contribution in [-0.4, -0.2) is 57.8 Å². The summed E-state index contributed by atoms with van der Waals surface area (Å²) in [6.07, 6.45) is -0.914. The van der Waals surface area contributed by atoms with Crippen molar-refractivity contribution in [2.45, 2.75) is 70.6 Å². The highest BCUT2D eigenvalue weighted by molar-refractivity contribution is 6.04. The molecule has 6 aliphatic rings. The Morgan fingerprint density at radius 3 is 2.62 bits per heavy atom. The SMILES string of the molecule is C=C1C(=O)[C@]23C[C@H]1C[C@@H](OC(C)=O)[C@H]2[C@@]12COC3(O)[C@@H](O)[C@@H]1C(C)(C)CC[C@@H]2O. The van der Waals surface area contributed by atoms with Gasteiger partial charge >= 0.3 is 5.97 Å². The number of aliphatic hydroxyl groups excluding tert-OH is 2. The van der Waals surface area contributed by atoms with Gasteiger partial charge in [0.1, 0.15) is 12.2 Å². The zero-order chi connectivity index (χ0) is 21.1. The molecule has 1 unspecified atom stereocenters. The molecule has 0 aromatic heterocycles. The van der Waals surface area contributed by atoms with E-state index < -0.39 is 58.1 Å². The van der Waals surface area contributed by atoms with Crippen LogP contribution in [0.15, 0.2) is 12.2 Å². The second kappa shape index (κ2) is 5.49. The molecule has 4 bridgehead atoms. The summed E-state index contributed by atoms with van der Waals surface area (Å²) in [5.74, 6) is -4.25. The lowest BCUT2D eigenvalue weighted by atomic mass is 9.35. The third-order valence-corrected chi connectivity index (χ3v) is 9.08. The lowest BCUT2D eigenvalue weighted by molar-refractivity contribution is -0.455. The molecule has 2 saturated heterocycles. The van der Waals surface area contributed by atoms with Gasteiger partial charge in [0.25, 0.3) is 0 Å². The number of aliphatic hydroxyl groups is 3. The maximum Gasteiger partial charge on any atom is 0.302 e. The van der Waals surface area contributed by atoms with Crippen LogP contribution in [0, 0.1) is 34.0 Å². The highest BCUT2D eigenvalue weighted by Crippen LogP contribution is 2.76. The van der Waals surface area contributed by atoms with Gasteiger partial charge in [-0.25, -0.2) is 0 Å². The van der Waals surface area contributed by atoms with Crippen molar-refractivity contribution in [2.75, 3.05) is 6.61 Å². The van der Waals surface area contributed by atoms with Crippen LogP contribution in [0.4, 0.5) is 0 Å². The van der Waals surface area contributed by atoms with Gasteiger partial charge in [-0.15, -0.1) is 0 Å². The number of carbonyl (C=O) groups is 2. The van der Waals surface area contributed by atoms with E-state index >= 15 is 0 Å². The molecule has 29 heavy (non-hydrogen) atoms. The smallest absolute Gasteiger partial charge is 0.302 e. The summed E-state index contributed by atoms with van der Waals surface area (Å²) >= 11 is 0. The normalized spacial score (nSPS) is 54.7. The minimum Gasteiger partial charge on any atom is -0.462 e. The summed E-state index contributed by atoms with van der Waals surface area (Å²) in [5.41, 5.74) is -2.46. The molecule has 7 nitrogen and oxygen atoms in total. The summed E-state index contributed by atoms with van der Waals surface area (Å²) in [6.45, 7) is 9.36. The molecule has 6 rings (SSSR count). The molecule has 4 aliphatic carbocycles. The van der Waals surface area contributed by atoms with Crippen molar-refractivity contribution in [1.82, 2.24) is 0 Å². The lowest BCUT2D eigenvalue weighted by Crippen LogP contribution is -2.85. The van der Waals surface area contributed by atoms with Gasteiger partial charge < -0.3 is 24.8 Å². The molecule has 9 atom stereocenters. The summed E-state index contributed by atoms with van der Waals surface area (Å²) in [4.78, 5) is 25.5. The number of hydrogen-bond donors (Lipinski definition) is 3. The van der Waals surface area contributed by atoms with Gasteiger partial charge in [0.05, 0.1) is 18.1 Å². The summed E-state index contributed by atoms with van der Waals surface area (Å²) in [6, 6.07) is 0. The maximum atomic E-state index is 13.6. The zero-order valence-electron chi connectivity index (χ0n) is 17.2. The minimum atomic E-state index is -2.09. The molecule has 0 aromatic carbocycles. The number of ether oxygens (including phenoxy) is 2. The monoisotopic (exact) mass is 406 g/mol. The van der Waals surface area contributed by atoms with Crippen molar-refractivity contribution in [3.05, 3.63) is 12.2 Å². The fraction of sp³-hybridized carbons (Fsp3) is 0.818. The van der Waals surface area contributed by atoms with Crippen LogP contribution in [0.5, 0.6) is 0 Å². The number of allylic oxidation sites excluding steroid dienone is 1. The van der Waals surface area contributed by atoms with Gasteiger partial charge in [-0.1, -0.05) is 20.4 Å². The second-order valence-electron chi connectivity index (χ2n) is 10.7. The predicted octanol–water partition coefficient (Wildman–Crippen LogP) is 0.946. The first-order chi connectivity index (χ1) is 13.4. The van der Waals surface area contributed by atoms with Crippen molar-refractivity contribution < 1.29 is 34.4 Å². The Hall–Kier alpha value is -1.28. The molecule has 2 spiro atoms. The topological polar surface area (TPSA) is 113 Å². The number of rotatable bonds is 1. The molecular formula is C22H30O7. The first-order valence-corrected chi connectivity index (χ1v) is 10.6. The zero-order valence-corrected chi connectivity index (χ0v) is 17.2. The van der Waals surface area contributed by atoms with Gasteiger partial charge in [0, 0.05) is 24.2 Å². The highest BCUT2D eigenvalue weighted by atomic mass is 16.6. The maximum absolute atomic E-state index is 13.6. The van der Waals surface area contributed by atoms with E-state index in [0.717, 1.165) is 0 Å². The van der Waals surface area contributed by atoms with E-state index in [1.165, 1.54) is 6.92 Å². The van der Waals surface area contributed by atoms with Crippen LogP contribution in [0.25, 0.3) is 0 Å². The number of esters is 1. The highest BCUT2D eigenvalue weighted by Gasteiger charge is 2.86. The van der Waals surface area contributed by atoms with Crippen LogP contribution in [0.3, 0.4) is 0 Å². The quantitative estimate of drug-likeness (QED) is 0.439. The molecule has 160 valence electrons. The Kier molecular flexibility index (Phi) is 3.73. The van der Waals surface area contributed by atoms with E-state index in [9.17, 15) is 24.9 Å². The van der Waals surface area contributed by atoms with E-state index in [-0.39, 0.29) is 18.3 Å². The van der Waals surface area contributed by atoms with Gasteiger partial charge in [0.2, 0.25) is 5.79 Å². The lowest BCUT2D eigenvalue weighted by Gasteiger charge is -2.74. The number of ketones is 1. The largest absolute Gasteiger partial charge is 0.462 e. The molecule has 4 saturated carbocycles. The Morgan fingerprint density at radius 1 is 1.28 bits per heavy atom. The first kappa shape index (κ1) is 19.7. The van der Waals surface area contributed by atoms with E-state index in [1.807, 2.05) is 13.8 Å². The second-order valence-corrected chi connectivity index (χ2v) is 10.7. The van der Waals surface area contributed by atoms with Crippen molar-refractivity contribution in [3.63, 3.8) is 0 Å². The molecular weight excluding hydrogens is 376 g/mol. The molecule has 0 radical (unpaired) electrons. The van der Waals surface area contributed by atoms with Crippen LogP contribution in [0.1, 0.15) is 46.5 Å². The van der Waals surface area contributed by atoms with Gasteiger partial charge in [-0.2, -0.15) is 0 Å². The molecule has 0 aromatic rings. The molecule has 3 N–H and O–H groups in total. The molecule has 0 amide bonds. The van der Waals surface area contributed by atoms with Gasteiger partial charge in [-0.05, 0) is 42.6 Å². The number of hydrogen-bond acceptors (Lipinski definition) is 7. The van der Waals surface area contributed by atoms with Crippen molar-refractivity contribution >= 4 is 11.8 Å². The van der Waals surface area contributed by atoms with Crippen LogP contribution in [-0.2, 0) is 19.1 Å². The fourth-order valence-electron chi connectivity index (χ4n) is 8.17. The van der Waals surface area contributed by atoms with E-state index in [4.69, 9.17) is 9.47 Å². The van der Waals surface area contributed by atoms with E-state index in [2.05, 4.69) is 6.58 Å². The summed E-state index contributed by atoms with van der Waals surface area (Å²) in [5, 5.41) is 34.6. The van der Waals surface area contributed by atoms with Gasteiger partial charge in [0.15, 0.2) is 5.78 Å². The van der Waals surface area contributed by atoms with Crippen LogP contribution < -0.4 is 0 Å². The summed E-state index contributed by atoms with van der Waals surface area (Å²) < 4.78 is 11.6. The molecule has 2 heterocycles. The minimum absolute atomic E-state index is 0.0183. The first-order valence-electron chi connectivity index (χ1n) is 10.6. The Morgan fingerprint density at radius 2 is 1.97 bits per heavy atom. The van der Waals surface area contributed by atoms with E-state index in [0.29, 0.717) is 31.3 Å². The number of Topliss-reactive ketones (excluding diaryl/α,β-unsaturated/α-hetero) is 1. The number of fused-ring (bicyclic) bond motifs is 2. The van der Waals surface area contributed by atoms with Crippen LogP contribution >= 0.6 is 0 Å². The molecule has 2 aliphatic heterocycles. The number of carbonyl (C=O) groups excluding carboxylic acids is 2. The van der Waals surface area contributed by atoms with Crippen molar-refractivity contribution in [1.29, 1.82) is 0 Å². The standard InChI is InChI=1S/C22H30O7/c1-10-12-7-13(29-11(2)23)15-20-9-28-22(27,21(15,8-12)17(10)25)18(26)16(20)19(3,4)6-5-14(20)24/h12-16,18,24,26-27H,1,5-9H2,2-4H3/t12-,13-,14+,15+,16-,18+,20+,21+,22?/m1/s1.